The van der Waals surface area contributed by atoms with E-state index in [1.54, 1.807) is 0 Å². The summed E-state index contributed by atoms with van der Waals surface area (Å²) in [5, 5.41) is 15.2. The fraction of sp³-hybridized carbons (Fsp3) is 0.895. The van der Waals surface area contributed by atoms with Gasteiger partial charge in [0.2, 0.25) is 11.8 Å². The van der Waals surface area contributed by atoms with Gasteiger partial charge in [-0.25, -0.2) is 0 Å². The summed E-state index contributed by atoms with van der Waals surface area (Å²) in [4.78, 5) is 24.1. The highest BCUT2D eigenvalue weighted by molar-refractivity contribution is 5.88. The lowest BCUT2D eigenvalue weighted by molar-refractivity contribution is -0.131. The number of hydrogen-bond acceptors (Lipinski definition) is 3. The van der Waals surface area contributed by atoms with Crippen LogP contribution >= 0.6 is 0 Å². The quantitative estimate of drug-likeness (QED) is 0.424. The Hall–Kier alpha value is -1.10. The Labute approximate surface area is 148 Å². The molecule has 24 heavy (non-hydrogen) atoms. The van der Waals surface area contributed by atoms with Crippen molar-refractivity contribution < 1.29 is 14.7 Å². The van der Waals surface area contributed by atoms with E-state index in [1.165, 1.54) is 32.6 Å². The lowest BCUT2D eigenvalue weighted by Gasteiger charge is -2.21. The number of carbonyl (C=O) groups excluding carboxylic acids is 2. The summed E-state index contributed by atoms with van der Waals surface area (Å²) in [6.07, 6.45) is 8.43. The molecule has 2 amide bonds. The van der Waals surface area contributed by atoms with Gasteiger partial charge in [0.05, 0.1) is 6.10 Å². The van der Waals surface area contributed by atoms with Crippen LogP contribution in [0.2, 0.25) is 0 Å². The van der Waals surface area contributed by atoms with Crippen molar-refractivity contribution in [2.24, 2.45) is 5.92 Å². The second kappa shape index (κ2) is 14.3. The topological polar surface area (TPSA) is 78.4 Å². The first-order valence-electron chi connectivity index (χ1n) is 9.63. The molecule has 0 heterocycles. The molecule has 0 aromatic carbocycles. The lowest BCUT2D eigenvalue weighted by atomic mass is 10.1. The summed E-state index contributed by atoms with van der Waals surface area (Å²) >= 11 is 0. The molecular formula is C19H38N2O3. The van der Waals surface area contributed by atoms with Gasteiger partial charge in [-0.1, -0.05) is 59.3 Å². The standard InChI is InChI=1S/C19H38N2O3/c1-5-6-7-8-9-10-11-12-17(23)21-18(16(4)22)19(24)20-14-13-15(2)3/h15-16,18,22H,5-14H2,1-4H3,(H,20,24)(H,21,23)/t16-,18+/m1/s1. The zero-order valence-electron chi connectivity index (χ0n) is 16.1. The van der Waals surface area contributed by atoms with Crippen LogP contribution in [0.1, 0.15) is 85.5 Å². The Morgan fingerprint density at radius 1 is 0.958 bits per heavy atom. The molecule has 142 valence electrons. The zero-order chi connectivity index (χ0) is 18.4. The van der Waals surface area contributed by atoms with E-state index in [-0.39, 0.29) is 11.8 Å². The Morgan fingerprint density at radius 3 is 2.08 bits per heavy atom. The van der Waals surface area contributed by atoms with Crippen LogP contribution in [0, 0.1) is 5.92 Å². The number of rotatable bonds is 14. The summed E-state index contributed by atoms with van der Waals surface area (Å²) in [5.74, 6) is 0.0363. The Balaban J connectivity index is 4.00. The van der Waals surface area contributed by atoms with Gasteiger partial charge in [0.1, 0.15) is 6.04 Å². The molecule has 0 rings (SSSR count). The van der Waals surface area contributed by atoms with Crippen LogP contribution in [0.3, 0.4) is 0 Å². The summed E-state index contributed by atoms with van der Waals surface area (Å²) in [7, 11) is 0. The smallest absolute Gasteiger partial charge is 0.245 e. The molecule has 0 aromatic heterocycles. The van der Waals surface area contributed by atoms with Gasteiger partial charge in [-0.3, -0.25) is 9.59 Å². The van der Waals surface area contributed by atoms with Crippen molar-refractivity contribution in [3.8, 4) is 0 Å². The molecule has 5 heteroatoms. The predicted molar refractivity (Wildman–Crippen MR) is 98.7 cm³/mol. The number of amides is 2. The van der Waals surface area contributed by atoms with Gasteiger partial charge in [0.25, 0.3) is 0 Å². The number of unbranched alkanes of at least 4 members (excludes halogenated alkanes) is 6. The normalized spacial score (nSPS) is 13.6. The second-order valence-corrected chi connectivity index (χ2v) is 7.13. The summed E-state index contributed by atoms with van der Waals surface area (Å²) in [5.41, 5.74) is 0. The molecule has 3 N–H and O–H groups in total. The number of aliphatic hydroxyl groups is 1. The fourth-order valence-corrected chi connectivity index (χ4v) is 2.49. The van der Waals surface area contributed by atoms with Crippen molar-refractivity contribution in [3.05, 3.63) is 0 Å². The van der Waals surface area contributed by atoms with Crippen LogP contribution in [0.15, 0.2) is 0 Å². The minimum atomic E-state index is -0.901. The predicted octanol–water partition coefficient (Wildman–Crippen LogP) is 3.16. The number of aliphatic hydroxyl groups excluding tert-OH is 1. The summed E-state index contributed by atoms with van der Waals surface area (Å²) in [6, 6.07) is -0.866. The molecular weight excluding hydrogens is 304 g/mol. The maximum Gasteiger partial charge on any atom is 0.245 e. The Kier molecular flexibility index (Phi) is 13.6. The minimum absolute atomic E-state index is 0.159. The first-order valence-corrected chi connectivity index (χ1v) is 9.63. The molecule has 0 aliphatic rings. The number of hydrogen-bond donors (Lipinski definition) is 3. The minimum Gasteiger partial charge on any atom is -0.391 e. The van der Waals surface area contributed by atoms with Crippen molar-refractivity contribution in [3.63, 3.8) is 0 Å². The summed E-state index contributed by atoms with van der Waals surface area (Å²) in [6.45, 7) is 8.46. The second-order valence-electron chi connectivity index (χ2n) is 7.13. The van der Waals surface area contributed by atoms with Gasteiger partial charge in [-0.2, -0.15) is 0 Å². The van der Waals surface area contributed by atoms with Crippen molar-refractivity contribution in [1.82, 2.24) is 10.6 Å². The molecule has 0 fully saturated rings. The monoisotopic (exact) mass is 342 g/mol. The molecule has 0 bridgehead atoms. The van der Waals surface area contributed by atoms with E-state index in [2.05, 4.69) is 31.4 Å². The van der Waals surface area contributed by atoms with E-state index >= 15 is 0 Å². The first-order chi connectivity index (χ1) is 11.4. The summed E-state index contributed by atoms with van der Waals surface area (Å²) < 4.78 is 0. The largest absolute Gasteiger partial charge is 0.391 e. The Morgan fingerprint density at radius 2 is 1.54 bits per heavy atom. The third-order valence-electron chi connectivity index (χ3n) is 4.11. The highest BCUT2D eigenvalue weighted by Gasteiger charge is 2.25. The highest BCUT2D eigenvalue weighted by Crippen LogP contribution is 2.08. The third kappa shape index (κ3) is 12.3. The molecule has 5 nitrogen and oxygen atoms in total. The Bertz CT molecular complexity index is 344. The van der Waals surface area contributed by atoms with Crippen LogP contribution in [0.5, 0.6) is 0 Å². The molecule has 0 unspecified atom stereocenters. The van der Waals surface area contributed by atoms with E-state index in [0.29, 0.717) is 18.9 Å². The molecule has 0 radical (unpaired) electrons. The van der Waals surface area contributed by atoms with Crippen LogP contribution in [0.4, 0.5) is 0 Å². The average Bonchev–Trinajstić information content (AvgIpc) is 2.50. The molecule has 0 spiro atoms. The molecule has 0 aliphatic carbocycles. The van der Waals surface area contributed by atoms with Gasteiger partial charge >= 0.3 is 0 Å². The van der Waals surface area contributed by atoms with E-state index in [4.69, 9.17) is 0 Å². The van der Waals surface area contributed by atoms with Crippen molar-refractivity contribution in [1.29, 1.82) is 0 Å². The zero-order valence-corrected chi connectivity index (χ0v) is 16.1. The van der Waals surface area contributed by atoms with Crippen LogP contribution in [-0.4, -0.2) is 35.6 Å². The lowest BCUT2D eigenvalue weighted by Crippen LogP contribution is -2.52. The van der Waals surface area contributed by atoms with Crippen molar-refractivity contribution in [2.45, 2.75) is 97.6 Å². The van der Waals surface area contributed by atoms with Gasteiger partial charge < -0.3 is 15.7 Å². The van der Waals surface area contributed by atoms with Gasteiger partial charge in [-0.05, 0) is 25.7 Å². The average molecular weight is 343 g/mol. The number of nitrogens with one attached hydrogen (secondary N) is 2. The fourth-order valence-electron chi connectivity index (χ4n) is 2.49. The van der Waals surface area contributed by atoms with E-state index in [9.17, 15) is 14.7 Å². The first kappa shape index (κ1) is 22.9. The van der Waals surface area contributed by atoms with Gasteiger partial charge in [0.15, 0.2) is 0 Å². The highest BCUT2D eigenvalue weighted by atomic mass is 16.3. The maximum atomic E-state index is 12.1. The molecule has 0 saturated carbocycles. The van der Waals surface area contributed by atoms with Crippen molar-refractivity contribution >= 4 is 11.8 Å². The van der Waals surface area contributed by atoms with Gasteiger partial charge in [-0.15, -0.1) is 0 Å². The van der Waals surface area contributed by atoms with E-state index in [0.717, 1.165) is 25.7 Å². The van der Waals surface area contributed by atoms with Gasteiger partial charge in [0, 0.05) is 13.0 Å². The van der Waals surface area contributed by atoms with Crippen molar-refractivity contribution in [2.75, 3.05) is 6.54 Å². The van der Waals surface area contributed by atoms with E-state index < -0.39 is 12.1 Å². The van der Waals surface area contributed by atoms with Crippen LogP contribution in [-0.2, 0) is 9.59 Å². The van der Waals surface area contributed by atoms with Crippen LogP contribution in [0.25, 0.3) is 0 Å². The SMILES string of the molecule is CCCCCCCCCC(=O)N[C@H](C(=O)NCCC(C)C)[C@@H](C)O. The number of carbonyl (C=O) groups is 2. The molecule has 0 aliphatic heterocycles. The molecule has 0 aromatic rings. The van der Waals surface area contributed by atoms with E-state index in [1.807, 2.05) is 0 Å². The third-order valence-corrected chi connectivity index (χ3v) is 4.11. The van der Waals surface area contributed by atoms with Crippen LogP contribution < -0.4 is 10.6 Å². The molecule has 0 saturated heterocycles. The molecule has 2 atom stereocenters. The maximum absolute atomic E-state index is 12.1.